The molecule has 0 amide bonds. The van der Waals surface area contributed by atoms with E-state index < -0.39 is 23.5 Å². The first-order chi connectivity index (χ1) is 18.1. The zero-order chi connectivity index (χ0) is 27.1. The maximum Gasteiger partial charge on any atom is 0.416 e. The van der Waals surface area contributed by atoms with E-state index in [4.69, 9.17) is 4.74 Å². The molecule has 38 heavy (non-hydrogen) atoms. The van der Waals surface area contributed by atoms with E-state index in [0.717, 1.165) is 11.6 Å². The van der Waals surface area contributed by atoms with Gasteiger partial charge in [0.1, 0.15) is 11.6 Å². The zero-order valence-corrected chi connectivity index (χ0v) is 20.9. The fourth-order valence-electron chi connectivity index (χ4n) is 5.25. The Morgan fingerprint density at radius 3 is 2.45 bits per heavy atom. The molecule has 3 heterocycles. The maximum atomic E-state index is 13.5. The number of ether oxygens (including phenoxy) is 1. The summed E-state index contributed by atoms with van der Waals surface area (Å²) < 4.78 is 47.6. The number of halogens is 3. The van der Waals surface area contributed by atoms with E-state index in [1.54, 1.807) is 17.7 Å². The Kier molecular flexibility index (Phi) is 6.70. The van der Waals surface area contributed by atoms with Crippen molar-refractivity contribution in [3.05, 3.63) is 99.2 Å². The second-order valence-electron chi connectivity index (χ2n) is 9.47. The van der Waals surface area contributed by atoms with Crippen LogP contribution in [0.4, 0.5) is 19.0 Å². The standard InChI is InChI=1S/C28H27F3N4O3/c1-17-20(9-6-10-22(17)28(29,30)31)26(37)34-25-21-16-35(24(36)15-23(21)32-18(2)33-25)27(11-13-38-14-12-27)19-7-4-3-5-8-19/h3-10,15-16,26,37H,11-14H2,1-2H3,(H,32,33,34)/t26-/m1/s1. The van der Waals surface area contributed by atoms with Gasteiger partial charge in [0.05, 0.1) is 22.0 Å². The van der Waals surface area contributed by atoms with Crippen molar-refractivity contribution in [1.82, 2.24) is 14.5 Å². The van der Waals surface area contributed by atoms with E-state index in [9.17, 15) is 23.1 Å². The lowest BCUT2D eigenvalue weighted by Crippen LogP contribution is -2.45. The van der Waals surface area contributed by atoms with Gasteiger partial charge in [-0.3, -0.25) is 4.79 Å². The molecule has 10 heteroatoms. The Labute approximate surface area is 216 Å². The minimum absolute atomic E-state index is 0.0720. The fraction of sp³-hybridized carbons (Fsp3) is 0.321. The van der Waals surface area contributed by atoms with Crippen LogP contribution in [0.3, 0.4) is 0 Å². The van der Waals surface area contributed by atoms with Gasteiger partial charge in [0, 0.05) is 31.0 Å². The highest BCUT2D eigenvalue weighted by molar-refractivity contribution is 5.88. The number of aryl methyl sites for hydroxylation is 1. The molecule has 0 spiro atoms. The zero-order valence-electron chi connectivity index (χ0n) is 20.9. The molecule has 2 N–H and O–H groups in total. The summed E-state index contributed by atoms with van der Waals surface area (Å²) in [6.45, 7) is 3.91. The fourth-order valence-corrected chi connectivity index (χ4v) is 5.25. The van der Waals surface area contributed by atoms with E-state index in [0.29, 0.717) is 42.8 Å². The van der Waals surface area contributed by atoms with Crippen LogP contribution in [0.1, 0.15) is 47.1 Å². The summed E-state index contributed by atoms with van der Waals surface area (Å²) in [5.74, 6) is 0.551. The van der Waals surface area contributed by atoms with E-state index in [2.05, 4.69) is 15.3 Å². The van der Waals surface area contributed by atoms with Crippen LogP contribution in [-0.2, 0) is 16.5 Å². The third-order valence-corrected chi connectivity index (χ3v) is 7.18. The summed E-state index contributed by atoms with van der Waals surface area (Å²) in [6.07, 6.45) is -3.22. The maximum absolute atomic E-state index is 13.5. The molecule has 0 aliphatic carbocycles. The number of aliphatic hydroxyl groups is 1. The van der Waals surface area contributed by atoms with Gasteiger partial charge in [-0.15, -0.1) is 0 Å². The van der Waals surface area contributed by atoms with Crippen molar-refractivity contribution in [3.8, 4) is 0 Å². The van der Waals surface area contributed by atoms with Crippen LogP contribution in [0.2, 0.25) is 0 Å². The SMILES string of the molecule is Cc1nc(N[C@H](O)c2cccc(C(F)(F)F)c2C)c2cn(C3(c4ccccc4)CCOCC3)c(=O)cc2n1. The van der Waals surface area contributed by atoms with Gasteiger partial charge in [0.15, 0.2) is 6.23 Å². The molecule has 0 bridgehead atoms. The highest BCUT2D eigenvalue weighted by atomic mass is 19.4. The molecule has 5 rings (SSSR count). The minimum Gasteiger partial charge on any atom is -0.381 e. The highest BCUT2D eigenvalue weighted by Gasteiger charge is 2.37. The molecule has 1 saturated heterocycles. The van der Waals surface area contributed by atoms with Crippen LogP contribution < -0.4 is 10.9 Å². The Balaban J connectivity index is 1.63. The number of nitrogens with zero attached hydrogens (tertiary/aromatic N) is 3. The first-order valence-corrected chi connectivity index (χ1v) is 12.3. The number of nitrogens with one attached hydrogen (secondary N) is 1. The molecule has 2 aromatic heterocycles. The van der Waals surface area contributed by atoms with Crippen molar-refractivity contribution in [3.63, 3.8) is 0 Å². The number of aromatic nitrogens is 3. The molecule has 1 atom stereocenters. The molecular weight excluding hydrogens is 497 g/mol. The van der Waals surface area contributed by atoms with Gasteiger partial charge in [-0.2, -0.15) is 13.2 Å². The smallest absolute Gasteiger partial charge is 0.381 e. The normalized spacial score (nSPS) is 16.4. The molecule has 1 aliphatic rings. The van der Waals surface area contributed by atoms with Crippen LogP contribution >= 0.6 is 0 Å². The monoisotopic (exact) mass is 524 g/mol. The van der Waals surface area contributed by atoms with Gasteiger partial charge in [0.2, 0.25) is 0 Å². The molecule has 198 valence electrons. The van der Waals surface area contributed by atoms with Crippen molar-refractivity contribution < 1.29 is 23.0 Å². The van der Waals surface area contributed by atoms with Crippen molar-refractivity contribution in [2.24, 2.45) is 0 Å². The number of aliphatic hydroxyl groups excluding tert-OH is 1. The lowest BCUT2D eigenvalue weighted by molar-refractivity contribution is -0.138. The number of fused-ring (bicyclic) bond motifs is 1. The Morgan fingerprint density at radius 1 is 1.05 bits per heavy atom. The van der Waals surface area contributed by atoms with Gasteiger partial charge in [-0.1, -0.05) is 42.5 Å². The summed E-state index contributed by atoms with van der Waals surface area (Å²) >= 11 is 0. The number of alkyl halides is 3. The third-order valence-electron chi connectivity index (χ3n) is 7.18. The van der Waals surface area contributed by atoms with Crippen LogP contribution in [-0.4, -0.2) is 32.9 Å². The second-order valence-corrected chi connectivity index (χ2v) is 9.47. The summed E-state index contributed by atoms with van der Waals surface area (Å²) in [5, 5.41) is 14.3. The number of rotatable bonds is 5. The quantitative estimate of drug-likeness (QED) is 0.354. The predicted octanol–water partition coefficient (Wildman–Crippen LogP) is 5.08. The molecule has 1 fully saturated rings. The van der Waals surface area contributed by atoms with Crippen LogP contribution in [0.5, 0.6) is 0 Å². The summed E-state index contributed by atoms with van der Waals surface area (Å²) in [6, 6.07) is 14.8. The number of benzene rings is 2. The van der Waals surface area contributed by atoms with Gasteiger partial charge in [-0.05, 0) is 43.9 Å². The van der Waals surface area contributed by atoms with Gasteiger partial charge in [0.25, 0.3) is 5.56 Å². The summed E-state index contributed by atoms with van der Waals surface area (Å²) in [5.41, 5.74) is -0.418. The van der Waals surface area contributed by atoms with Crippen LogP contribution in [0.15, 0.2) is 65.6 Å². The van der Waals surface area contributed by atoms with E-state index in [-0.39, 0.29) is 22.5 Å². The van der Waals surface area contributed by atoms with Crippen LogP contribution in [0.25, 0.3) is 10.9 Å². The van der Waals surface area contributed by atoms with Crippen molar-refractivity contribution in [2.75, 3.05) is 18.5 Å². The average molecular weight is 525 g/mol. The van der Waals surface area contributed by atoms with E-state index in [1.807, 2.05) is 30.3 Å². The topological polar surface area (TPSA) is 89.3 Å². The lowest BCUT2D eigenvalue weighted by Gasteiger charge is -2.39. The summed E-state index contributed by atoms with van der Waals surface area (Å²) in [7, 11) is 0. The molecule has 7 nitrogen and oxygen atoms in total. The number of hydrogen-bond acceptors (Lipinski definition) is 6. The third kappa shape index (κ3) is 4.65. The molecule has 0 saturated carbocycles. The minimum atomic E-state index is -4.55. The number of hydrogen-bond donors (Lipinski definition) is 2. The molecule has 0 unspecified atom stereocenters. The number of anilines is 1. The predicted molar refractivity (Wildman–Crippen MR) is 137 cm³/mol. The molecule has 0 radical (unpaired) electrons. The first-order valence-electron chi connectivity index (χ1n) is 12.3. The van der Waals surface area contributed by atoms with Gasteiger partial charge >= 0.3 is 6.18 Å². The highest BCUT2D eigenvalue weighted by Crippen LogP contribution is 2.37. The van der Waals surface area contributed by atoms with Crippen LogP contribution in [0, 0.1) is 13.8 Å². The molecule has 4 aromatic rings. The molecule has 1 aliphatic heterocycles. The van der Waals surface area contributed by atoms with Crippen molar-refractivity contribution >= 4 is 16.7 Å². The molecular formula is C28H27F3N4O3. The van der Waals surface area contributed by atoms with Gasteiger partial charge < -0.3 is 19.7 Å². The largest absolute Gasteiger partial charge is 0.416 e. The lowest BCUT2D eigenvalue weighted by atomic mass is 9.82. The number of pyridine rings is 1. The van der Waals surface area contributed by atoms with Crippen molar-refractivity contribution in [1.29, 1.82) is 0 Å². The molecule has 2 aromatic carbocycles. The second kappa shape index (κ2) is 9.85. The Morgan fingerprint density at radius 2 is 1.76 bits per heavy atom. The van der Waals surface area contributed by atoms with Gasteiger partial charge in [-0.25, -0.2) is 9.97 Å². The van der Waals surface area contributed by atoms with Crippen molar-refractivity contribution in [2.45, 2.75) is 44.6 Å². The Bertz CT molecular complexity index is 1530. The van der Waals surface area contributed by atoms with E-state index >= 15 is 0 Å². The Hall–Kier alpha value is -3.76. The van der Waals surface area contributed by atoms with E-state index in [1.165, 1.54) is 25.1 Å². The average Bonchev–Trinajstić information content (AvgIpc) is 2.88. The first kappa shape index (κ1) is 25.9. The summed E-state index contributed by atoms with van der Waals surface area (Å²) in [4.78, 5) is 22.3.